The summed E-state index contributed by atoms with van der Waals surface area (Å²) in [6, 6.07) is 16.0. The molecule has 1 aliphatic heterocycles. The number of benzene rings is 1. The minimum atomic E-state index is -3.35. The second-order valence-electron chi connectivity index (χ2n) is 9.91. The number of pyridine rings is 1. The maximum absolute atomic E-state index is 11.7. The molecule has 7 nitrogen and oxygen atoms in total. The predicted octanol–water partition coefficient (Wildman–Crippen LogP) is 5.55. The van der Waals surface area contributed by atoms with Gasteiger partial charge in [0.05, 0.1) is 24.0 Å². The zero-order chi connectivity index (χ0) is 25.4. The molecular weight excluding hydrogens is 490 g/mol. The molecule has 0 spiro atoms. The summed E-state index contributed by atoms with van der Waals surface area (Å²) in [5, 5.41) is 4.16. The summed E-state index contributed by atoms with van der Waals surface area (Å²) in [7, 11) is -3.35. The maximum atomic E-state index is 11.7. The van der Waals surface area contributed by atoms with Crippen LogP contribution in [-0.4, -0.2) is 29.3 Å². The Morgan fingerprint density at radius 1 is 1.06 bits per heavy atom. The Balaban J connectivity index is 1.58. The van der Waals surface area contributed by atoms with Crippen molar-refractivity contribution in [3.05, 3.63) is 77.4 Å². The number of hydrogen-bond donors (Lipinski definition) is 2. The van der Waals surface area contributed by atoms with E-state index in [4.69, 9.17) is 12.2 Å². The summed E-state index contributed by atoms with van der Waals surface area (Å²) >= 11 is 5.87. The topological polar surface area (TPSA) is 79.3 Å². The average Bonchev–Trinajstić information content (AvgIpc) is 3.35. The molecule has 3 heterocycles. The van der Waals surface area contributed by atoms with Crippen LogP contribution in [0.4, 0.5) is 11.4 Å². The molecule has 2 aliphatic rings. The van der Waals surface area contributed by atoms with E-state index in [0.717, 1.165) is 17.6 Å². The first-order valence-electron chi connectivity index (χ1n) is 12.5. The SMILES string of the molecule is Cc1cc([C@H]2[C@H](c3ccccn3)NC(=S)N2c2ccc(NS(C)(=O)=O)cc2)c(C)n1C1CCCCC1. The molecule has 0 bridgehead atoms. The maximum Gasteiger partial charge on any atom is 0.229 e. The number of aryl methyl sites for hydroxylation is 1. The van der Waals surface area contributed by atoms with Gasteiger partial charge in [0.25, 0.3) is 0 Å². The van der Waals surface area contributed by atoms with Crippen molar-refractivity contribution in [1.29, 1.82) is 0 Å². The van der Waals surface area contributed by atoms with Gasteiger partial charge in [-0.2, -0.15) is 0 Å². The molecule has 36 heavy (non-hydrogen) atoms. The van der Waals surface area contributed by atoms with Gasteiger partial charge in [0.15, 0.2) is 5.11 Å². The third kappa shape index (κ3) is 4.86. The Morgan fingerprint density at radius 3 is 2.42 bits per heavy atom. The van der Waals surface area contributed by atoms with Crippen LogP contribution in [0.1, 0.15) is 72.9 Å². The molecule has 2 aromatic heterocycles. The minimum Gasteiger partial charge on any atom is -0.351 e. The van der Waals surface area contributed by atoms with Gasteiger partial charge in [0.1, 0.15) is 0 Å². The second kappa shape index (κ2) is 9.86. The van der Waals surface area contributed by atoms with E-state index in [2.05, 4.69) is 44.4 Å². The van der Waals surface area contributed by atoms with Crippen LogP contribution < -0.4 is 14.9 Å². The van der Waals surface area contributed by atoms with Crippen LogP contribution in [0, 0.1) is 13.8 Å². The quantitative estimate of drug-likeness (QED) is 0.412. The second-order valence-corrected chi connectivity index (χ2v) is 12.0. The van der Waals surface area contributed by atoms with Crippen LogP contribution in [0.25, 0.3) is 0 Å². The Bertz CT molecular complexity index is 1350. The van der Waals surface area contributed by atoms with Crippen molar-refractivity contribution >= 4 is 38.7 Å². The molecule has 1 saturated carbocycles. The highest BCUT2D eigenvalue weighted by atomic mass is 32.2. The molecule has 0 unspecified atom stereocenters. The molecule has 0 radical (unpaired) electrons. The van der Waals surface area contributed by atoms with Gasteiger partial charge in [-0.3, -0.25) is 9.71 Å². The molecule has 3 aromatic rings. The zero-order valence-corrected chi connectivity index (χ0v) is 22.6. The Morgan fingerprint density at radius 2 is 1.78 bits per heavy atom. The van der Waals surface area contributed by atoms with Crippen LogP contribution in [0.5, 0.6) is 0 Å². The number of sulfonamides is 1. The molecule has 1 aromatic carbocycles. The molecule has 190 valence electrons. The molecule has 2 N–H and O–H groups in total. The summed E-state index contributed by atoms with van der Waals surface area (Å²) in [6.45, 7) is 4.43. The molecular formula is C27H33N5O2S2. The van der Waals surface area contributed by atoms with E-state index in [-0.39, 0.29) is 12.1 Å². The van der Waals surface area contributed by atoms with E-state index in [1.807, 2.05) is 36.5 Å². The van der Waals surface area contributed by atoms with Crippen molar-refractivity contribution in [3.63, 3.8) is 0 Å². The van der Waals surface area contributed by atoms with Gasteiger partial charge in [0, 0.05) is 35.0 Å². The van der Waals surface area contributed by atoms with Crippen molar-refractivity contribution in [2.75, 3.05) is 15.9 Å². The number of thiocarbonyl (C=S) groups is 1. The van der Waals surface area contributed by atoms with E-state index >= 15 is 0 Å². The fourth-order valence-electron chi connectivity index (χ4n) is 5.86. The van der Waals surface area contributed by atoms with E-state index in [1.54, 1.807) is 12.1 Å². The summed E-state index contributed by atoms with van der Waals surface area (Å²) in [5.74, 6) is 0. The van der Waals surface area contributed by atoms with Crippen LogP contribution in [0.15, 0.2) is 54.7 Å². The van der Waals surface area contributed by atoms with Crippen molar-refractivity contribution in [1.82, 2.24) is 14.9 Å². The number of hydrogen-bond acceptors (Lipinski definition) is 4. The smallest absolute Gasteiger partial charge is 0.229 e. The number of anilines is 2. The summed E-state index contributed by atoms with van der Waals surface area (Å²) in [6.07, 6.45) is 9.29. The largest absolute Gasteiger partial charge is 0.351 e. The van der Waals surface area contributed by atoms with Crippen molar-refractivity contribution < 1.29 is 8.42 Å². The van der Waals surface area contributed by atoms with Crippen LogP contribution in [0.2, 0.25) is 0 Å². The van der Waals surface area contributed by atoms with E-state index < -0.39 is 10.0 Å². The van der Waals surface area contributed by atoms with E-state index in [9.17, 15) is 8.42 Å². The van der Waals surface area contributed by atoms with Crippen molar-refractivity contribution in [2.45, 2.75) is 64.1 Å². The normalized spacial score (nSPS) is 21.0. The fraction of sp³-hybridized carbons (Fsp3) is 0.407. The highest BCUT2D eigenvalue weighted by Gasteiger charge is 2.42. The third-order valence-electron chi connectivity index (χ3n) is 7.33. The Hall–Kier alpha value is -2.91. The van der Waals surface area contributed by atoms with Gasteiger partial charge in [0.2, 0.25) is 10.0 Å². The number of rotatable bonds is 6. The fourth-order valence-corrected chi connectivity index (χ4v) is 6.77. The Kier molecular flexibility index (Phi) is 6.78. The minimum absolute atomic E-state index is 0.0929. The molecule has 1 saturated heterocycles. The van der Waals surface area contributed by atoms with Gasteiger partial charge in [-0.1, -0.05) is 25.3 Å². The average molecular weight is 524 g/mol. The first-order chi connectivity index (χ1) is 17.2. The summed E-state index contributed by atoms with van der Waals surface area (Å²) < 4.78 is 28.4. The van der Waals surface area contributed by atoms with Crippen LogP contribution >= 0.6 is 12.2 Å². The molecule has 1 aliphatic carbocycles. The van der Waals surface area contributed by atoms with Gasteiger partial charge in [-0.05, 0) is 86.9 Å². The lowest BCUT2D eigenvalue weighted by Crippen LogP contribution is -2.29. The molecule has 0 amide bonds. The summed E-state index contributed by atoms with van der Waals surface area (Å²) in [4.78, 5) is 6.81. The van der Waals surface area contributed by atoms with Crippen molar-refractivity contribution in [3.8, 4) is 0 Å². The monoisotopic (exact) mass is 523 g/mol. The zero-order valence-electron chi connectivity index (χ0n) is 20.9. The lowest BCUT2D eigenvalue weighted by atomic mass is 9.94. The Labute approximate surface area is 219 Å². The van der Waals surface area contributed by atoms with Crippen LogP contribution in [0.3, 0.4) is 0 Å². The summed E-state index contributed by atoms with van der Waals surface area (Å²) in [5.41, 5.74) is 6.14. The highest BCUT2D eigenvalue weighted by molar-refractivity contribution is 7.92. The van der Waals surface area contributed by atoms with E-state index in [0.29, 0.717) is 16.8 Å². The standard InChI is InChI=1S/C27H33N5O2S2/c1-18-17-23(19(2)31(18)21-9-5-4-6-10-21)26-25(24-11-7-8-16-28-24)29-27(35)32(26)22-14-12-20(13-15-22)30-36(3,33)34/h7-8,11-17,21,25-26,30H,4-6,9-10H2,1-3H3,(H,29,35)/t25-,26-/m0/s1. The number of nitrogens with zero attached hydrogens (tertiary/aromatic N) is 3. The van der Waals surface area contributed by atoms with Gasteiger partial charge in [-0.25, -0.2) is 8.42 Å². The number of aromatic nitrogens is 2. The lowest BCUT2D eigenvalue weighted by Gasteiger charge is -2.30. The molecule has 2 fully saturated rings. The highest BCUT2D eigenvalue weighted by Crippen LogP contribution is 2.44. The van der Waals surface area contributed by atoms with E-state index in [1.165, 1.54) is 49.1 Å². The number of nitrogens with one attached hydrogen (secondary N) is 2. The molecule has 9 heteroatoms. The van der Waals surface area contributed by atoms with Crippen LogP contribution in [-0.2, 0) is 10.0 Å². The first kappa shape index (κ1) is 24.8. The molecule has 2 atom stereocenters. The van der Waals surface area contributed by atoms with Crippen molar-refractivity contribution in [2.24, 2.45) is 0 Å². The third-order valence-corrected chi connectivity index (χ3v) is 8.25. The van der Waals surface area contributed by atoms with Gasteiger partial charge in [-0.15, -0.1) is 0 Å². The van der Waals surface area contributed by atoms with Gasteiger partial charge < -0.3 is 14.8 Å². The molecule has 5 rings (SSSR count). The lowest BCUT2D eigenvalue weighted by molar-refractivity contribution is 0.345. The predicted molar refractivity (Wildman–Crippen MR) is 149 cm³/mol. The van der Waals surface area contributed by atoms with Gasteiger partial charge >= 0.3 is 0 Å². The first-order valence-corrected chi connectivity index (χ1v) is 14.8.